The Bertz CT molecular complexity index is 412. The number of aromatic nitrogens is 1. The zero-order valence-corrected chi connectivity index (χ0v) is 15.8. The van der Waals surface area contributed by atoms with Gasteiger partial charge in [-0.25, -0.2) is 4.57 Å². The van der Waals surface area contributed by atoms with Crippen molar-refractivity contribution in [1.29, 1.82) is 0 Å². The lowest BCUT2D eigenvalue weighted by Gasteiger charge is -2.28. The Hall–Kier alpha value is -0.540. The van der Waals surface area contributed by atoms with Gasteiger partial charge in [-0.05, 0) is 19.3 Å². The molecule has 1 aromatic rings. The normalized spacial score (nSPS) is 21.5. The molecule has 1 aromatic heterocycles. The molecule has 0 aromatic carbocycles. The van der Waals surface area contributed by atoms with Crippen LogP contribution in [0.15, 0.2) is 24.5 Å². The van der Waals surface area contributed by atoms with E-state index >= 15 is 0 Å². The molecule has 2 rings (SSSR count). The third-order valence-electron chi connectivity index (χ3n) is 4.74. The number of pyridine rings is 1. The van der Waals surface area contributed by atoms with Crippen LogP contribution in [0, 0.1) is 5.92 Å². The monoisotopic (exact) mass is 336 g/mol. The second-order valence-corrected chi connectivity index (χ2v) is 7.83. The first-order chi connectivity index (χ1) is 11.3. The molecule has 130 valence electrons. The predicted octanol–water partition coefficient (Wildman–Crippen LogP) is 5.51. The first-order valence-electron chi connectivity index (χ1n) is 9.55. The zero-order chi connectivity index (χ0) is 16.3. The van der Waals surface area contributed by atoms with Gasteiger partial charge in [0.15, 0.2) is 12.4 Å². The Labute approximate surface area is 147 Å². The second kappa shape index (κ2) is 11.1. The Morgan fingerprint density at radius 3 is 2.35 bits per heavy atom. The van der Waals surface area contributed by atoms with Gasteiger partial charge in [0.25, 0.3) is 0 Å². The number of hydrogen-bond acceptors (Lipinski definition) is 2. The van der Waals surface area contributed by atoms with Crippen molar-refractivity contribution >= 4 is 11.8 Å². The highest BCUT2D eigenvalue weighted by Gasteiger charge is 2.23. The summed E-state index contributed by atoms with van der Waals surface area (Å²) < 4.78 is 8.31. The van der Waals surface area contributed by atoms with Crippen molar-refractivity contribution < 1.29 is 9.30 Å². The predicted molar refractivity (Wildman–Crippen MR) is 99.6 cm³/mol. The number of unbranched alkanes of at least 4 members (excludes halogenated alkanes) is 6. The average Bonchev–Trinajstić information content (AvgIpc) is 2.61. The minimum atomic E-state index is 0.242. The van der Waals surface area contributed by atoms with Crippen molar-refractivity contribution in [3.05, 3.63) is 30.1 Å². The van der Waals surface area contributed by atoms with Crippen LogP contribution >= 0.6 is 11.8 Å². The van der Waals surface area contributed by atoms with Crippen molar-refractivity contribution in [3.63, 3.8) is 0 Å². The molecular formula is C20H34NOS+. The largest absolute Gasteiger partial charge is 0.362 e. The van der Waals surface area contributed by atoms with Gasteiger partial charge in [0, 0.05) is 23.4 Å². The summed E-state index contributed by atoms with van der Waals surface area (Å²) in [4.78, 5) is 0. The summed E-state index contributed by atoms with van der Waals surface area (Å²) in [7, 11) is 0. The lowest BCUT2D eigenvalue weighted by molar-refractivity contribution is -0.693. The molecule has 2 atom stereocenters. The van der Waals surface area contributed by atoms with Crippen LogP contribution in [0.2, 0.25) is 0 Å². The van der Waals surface area contributed by atoms with Gasteiger partial charge in [-0.2, -0.15) is 0 Å². The van der Waals surface area contributed by atoms with Crippen LogP contribution in [0.4, 0.5) is 0 Å². The third kappa shape index (κ3) is 6.84. The van der Waals surface area contributed by atoms with E-state index in [2.05, 4.69) is 42.9 Å². The number of nitrogens with zero attached hydrogens (tertiary/aromatic N) is 1. The molecule has 0 amide bonds. The molecule has 0 N–H and O–H groups in total. The van der Waals surface area contributed by atoms with E-state index in [4.69, 9.17) is 4.74 Å². The molecule has 2 nitrogen and oxygen atoms in total. The molecule has 23 heavy (non-hydrogen) atoms. The fourth-order valence-electron chi connectivity index (χ4n) is 3.13. The van der Waals surface area contributed by atoms with Crippen molar-refractivity contribution in [1.82, 2.24) is 0 Å². The highest BCUT2D eigenvalue weighted by atomic mass is 32.2. The smallest absolute Gasteiger partial charge is 0.169 e. The number of thioether (sulfide) groups is 1. The summed E-state index contributed by atoms with van der Waals surface area (Å²) in [5.74, 6) is 2.01. The molecule has 1 aliphatic rings. The standard InChI is InChI=1S/C20H34NOS/c1-3-5-6-7-8-9-10-11-18-16-22-20(23-17-18)19-12-14-21(4-2)15-13-19/h12-15,18,20H,3-11,16-17H2,1-2H3/q+1. The SMILES string of the molecule is CCCCCCCCCC1COC(c2cc[n+](CC)cc2)SC1. The van der Waals surface area contributed by atoms with Crippen LogP contribution in [0.5, 0.6) is 0 Å². The summed E-state index contributed by atoms with van der Waals surface area (Å²) in [6.07, 6.45) is 15.5. The highest BCUT2D eigenvalue weighted by Crippen LogP contribution is 2.37. The topological polar surface area (TPSA) is 13.1 Å². The summed E-state index contributed by atoms with van der Waals surface area (Å²) in [5.41, 5.74) is 1.56. The van der Waals surface area contributed by atoms with Crippen molar-refractivity contribution in [2.45, 2.75) is 77.2 Å². The van der Waals surface area contributed by atoms with Gasteiger partial charge in [-0.1, -0.05) is 51.9 Å². The molecule has 2 unspecified atom stereocenters. The summed E-state index contributed by atoms with van der Waals surface area (Å²) in [6.45, 7) is 6.42. The van der Waals surface area contributed by atoms with Gasteiger partial charge in [-0.15, -0.1) is 11.8 Å². The van der Waals surface area contributed by atoms with E-state index in [-0.39, 0.29) is 5.44 Å². The molecule has 0 saturated carbocycles. The van der Waals surface area contributed by atoms with E-state index in [0.29, 0.717) is 0 Å². The number of ether oxygens (including phenoxy) is 1. The summed E-state index contributed by atoms with van der Waals surface area (Å²) >= 11 is 1.98. The Kier molecular flexibility index (Phi) is 9.06. The Morgan fingerprint density at radius 2 is 1.74 bits per heavy atom. The molecule has 3 heteroatoms. The Morgan fingerprint density at radius 1 is 1.04 bits per heavy atom. The second-order valence-electron chi connectivity index (χ2n) is 6.74. The molecule has 0 aliphatic carbocycles. The lowest BCUT2D eigenvalue weighted by Crippen LogP contribution is -2.31. The fraction of sp³-hybridized carbons (Fsp3) is 0.750. The van der Waals surface area contributed by atoms with Crippen molar-refractivity contribution in [3.8, 4) is 0 Å². The Balaban J connectivity index is 1.58. The maximum absolute atomic E-state index is 6.11. The van der Waals surface area contributed by atoms with E-state index in [0.717, 1.165) is 19.1 Å². The molecule has 0 bridgehead atoms. The number of hydrogen-bond donors (Lipinski definition) is 0. The minimum absolute atomic E-state index is 0.242. The number of rotatable bonds is 10. The third-order valence-corrected chi connectivity index (χ3v) is 6.11. The van der Waals surface area contributed by atoms with Crippen molar-refractivity contribution in [2.75, 3.05) is 12.4 Å². The van der Waals surface area contributed by atoms with Gasteiger partial charge < -0.3 is 4.74 Å². The first-order valence-corrected chi connectivity index (χ1v) is 10.6. The van der Waals surface area contributed by atoms with Crippen LogP contribution in [0.1, 0.15) is 76.2 Å². The van der Waals surface area contributed by atoms with Crippen LogP contribution in [-0.4, -0.2) is 12.4 Å². The van der Waals surface area contributed by atoms with E-state index in [9.17, 15) is 0 Å². The van der Waals surface area contributed by atoms with Gasteiger partial charge >= 0.3 is 0 Å². The highest BCUT2D eigenvalue weighted by molar-refractivity contribution is 7.99. The maximum Gasteiger partial charge on any atom is 0.169 e. The first kappa shape index (κ1) is 18.8. The van der Waals surface area contributed by atoms with Crippen molar-refractivity contribution in [2.24, 2.45) is 5.92 Å². The van der Waals surface area contributed by atoms with Crippen LogP contribution < -0.4 is 4.57 Å². The lowest BCUT2D eigenvalue weighted by atomic mass is 10.0. The zero-order valence-electron chi connectivity index (χ0n) is 15.0. The molecule has 1 aliphatic heterocycles. The van der Waals surface area contributed by atoms with Crippen LogP contribution in [-0.2, 0) is 11.3 Å². The molecule has 0 spiro atoms. The van der Waals surface area contributed by atoms with E-state index in [1.54, 1.807) is 0 Å². The van der Waals surface area contributed by atoms with E-state index in [1.165, 1.54) is 62.7 Å². The average molecular weight is 337 g/mol. The maximum atomic E-state index is 6.11. The molecule has 1 fully saturated rings. The summed E-state index contributed by atoms with van der Waals surface area (Å²) in [5, 5.41) is 0. The quantitative estimate of drug-likeness (QED) is 0.412. The minimum Gasteiger partial charge on any atom is -0.362 e. The van der Waals surface area contributed by atoms with Gasteiger partial charge in [0.1, 0.15) is 12.0 Å². The van der Waals surface area contributed by atoms with E-state index < -0.39 is 0 Å². The molecular weight excluding hydrogens is 302 g/mol. The molecule has 0 radical (unpaired) electrons. The summed E-state index contributed by atoms with van der Waals surface area (Å²) in [6, 6.07) is 4.41. The fourth-order valence-corrected chi connectivity index (χ4v) is 4.36. The number of aryl methyl sites for hydroxylation is 1. The van der Waals surface area contributed by atoms with Gasteiger partial charge in [-0.3, -0.25) is 0 Å². The molecule has 1 saturated heterocycles. The van der Waals surface area contributed by atoms with E-state index in [1.807, 2.05) is 11.8 Å². The van der Waals surface area contributed by atoms with Crippen LogP contribution in [0.3, 0.4) is 0 Å². The molecule has 2 heterocycles. The van der Waals surface area contributed by atoms with Gasteiger partial charge in [0.05, 0.1) is 6.61 Å². The van der Waals surface area contributed by atoms with Gasteiger partial charge in [0.2, 0.25) is 0 Å². The van der Waals surface area contributed by atoms with Crippen LogP contribution in [0.25, 0.3) is 0 Å².